The molecule has 0 aliphatic rings. The maximum atomic E-state index is 11.7. The average molecular weight is 272 g/mol. The van der Waals surface area contributed by atoms with E-state index in [0.717, 1.165) is 19.5 Å². The first-order chi connectivity index (χ1) is 9.46. The topological polar surface area (TPSA) is 34.0 Å². The third kappa shape index (κ3) is 4.12. The summed E-state index contributed by atoms with van der Waals surface area (Å²) in [6.45, 7) is 7.92. The normalized spacial score (nSPS) is 11.8. The molecule has 0 bridgehead atoms. The summed E-state index contributed by atoms with van der Waals surface area (Å²) in [4.78, 5) is 11.7. The molecule has 0 aliphatic heterocycles. The van der Waals surface area contributed by atoms with Gasteiger partial charge in [0.05, 0.1) is 0 Å². The second-order valence-corrected chi connectivity index (χ2v) is 6.51. The van der Waals surface area contributed by atoms with E-state index in [-0.39, 0.29) is 11.3 Å². The number of fused-ring (bicyclic) bond motifs is 1. The van der Waals surface area contributed by atoms with Gasteiger partial charge in [-0.2, -0.15) is 0 Å². The molecule has 0 aliphatic carbocycles. The zero-order valence-corrected chi connectivity index (χ0v) is 12.6. The molecule has 2 aromatic rings. The van der Waals surface area contributed by atoms with Gasteiger partial charge in [-0.1, -0.05) is 39.0 Å². The molecule has 0 saturated carbocycles. The van der Waals surface area contributed by atoms with E-state index >= 15 is 0 Å². The van der Waals surface area contributed by atoms with Crippen LogP contribution in [0.5, 0.6) is 0 Å². The van der Waals surface area contributed by atoms with Crippen LogP contribution >= 0.6 is 0 Å². The van der Waals surface area contributed by atoms with Crippen molar-refractivity contribution in [2.24, 2.45) is 5.41 Å². The van der Waals surface area contributed by atoms with Crippen LogP contribution < -0.4 is 5.32 Å². The Balaban J connectivity index is 1.78. The molecule has 0 spiro atoms. The molecular formula is C17H24N2O. The van der Waals surface area contributed by atoms with Crippen LogP contribution in [0.25, 0.3) is 10.9 Å². The zero-order chi connectivity index (χ0) is 14.6. The van der Waals surface area contributed by atoms with Crippen LogP contribution in [0, 0.1) is 5.41 Å². The molecule has 3 nitrogen and oxygen atoms in total. The van der Waals surface area contributed by atoms with Crippen molar-refractivity contribution in [1.29, 1.82) is 0 Å². The first kappa shape index (κ1) is 14.6. The largest absolute Gasteiger partial charge is 0.356 e. The molecule has 0 saturated heterocycles. The lowest BCUT2D eigenvalue weighted by atomic mass is 9.92. The van der Waals surface area contributed by atoms with Gasteiger partial charge >= 0.3 is 0 Å². The molecular weight excluding hydrogens is 248 g/mol. The van der Waals surface area contributed by atoms with Crippen LogP contribution in [0.2, 0.25) is 0 Å². The van der Waals surface area contributed by atoms with E-state index in [4.69, 9.17) is 0 Å². The highest BCUT2D eigenvalue weighted by molar-refractivity contribution is 5.79. The Bertz CT molecular complexity index is 578. The summed E-state index contributed by atoms with van der Waals surface area (Å²) in [6.07, 6.45) is 3.65. The number of aryl methyl sites for hydroxylation is 1. The summed E-state index contributed by atoms with van der Waals surface area (Å²) in [6, 6.07) is 10.5. The minimum absolute atomic E-state index is 0.0563. The second kappa shape index (κ2) is 6.12. The lowest BCUT2D eigenvalue weighted by Crippen LogP contribution is -2.28. The fourth-order valence-corrected chi connectivity index (χ4v) is 2.36. The van der Waals surface area contributed by atoms with Crippen molar-refractivity contribution in [3.63, 3.8) is 0 Å². The van der Waals surface area contributed by atoms with Crippen molar-refractivity contribution in [2.45, 2.75) is 40.2 Å². The number of hydrogen-bond donors (Lipinski definition) is 1. The fourth-order valence-electron chi connectivity index (χ4n) is 2.36. The van der Waals surface area contributed by atoms with E-state index in [9.17, 15) is 4.79 Å². The number of benzene rings is 1. The van der Waals surface area contributed by atoms with Gasteiger partial charge in [-0.3, -0.25) is 4.79 Å². The predicted molar refractivity (Wildman–Crippen MR) is 83.6 cm³/mol. The lowest BCUT2D eigenvalue weighted by Gasteiger charge is -2.17. The van der Waals surface area contributed by atoms with Gasteiger partial charge in [-0.15, -0.1) is 0 Å². The highest BCUT2D eigenvalue weighted by Crippen LogP contribution is 2.18. The van der Waals surface area contributed by atoms with Crippen molar-refractivity contribution < 1.29 is 4.79 Å². The molecule has 108 valence electrons. The first-order valence-corrected chi connectivity index (χ1v) is 7.26. The van der Waals surface area contributed by atoms with E-state index in [1.54, 1.807) is 0 Å². The third-order valence-corrected chi connectivity index (χ3v) is 3.27. The second-order valence-electron chi connectivity index (χ2n) is 6.51. The van der Waals surface area contributed by atoms with E-state index in [1.165, 1.54) is 10.9 Å². The van der Waals surface area contributed by atoms with Gasteiger partial charge < -0.3 is 9.88 Å². The molecule has 2 rings (SSSR count). The van der Waals surface area contributed by atoms with Crippen molar-refractivity contribution in [2.75, 3.05) is 6.54 Å². The van der Waals surface area contributed by atoms with Gasteiger partial charge in [-0.25, -0.2) is 0 Å². The number of rotatable bonds is 5. The summed E-state index contributed by atoms with van der Waals surface area (Å²) < 4.78 is 2.24. The summed E-state index contributed by atoms with van der Waals surface area (Å²) in [5, 5.41) is 4.27. The van der Waals surface area contributed by atoms with Gasteiger partial charge in [0.25, 0.3) is 0 Å². The number of nitrogens with one attached hydrogen (secondary N) is 1. The van der Waals surface area contributed by atoms with Crippen LogP contribution in [0.4, 0.5) is 0 Å². The molecule has 1 amide bonds. The molecule has 1 N–H and O–H groups in total. The average Bonchev–Trinajstić information content (AvgIpc) is 2.76. The SMILES string of the molecule is CC(C)(C)CC(=O)NCCCn1ccc2ccccc21. The maximum Gasteiger partial charge on any atom is 0.220 e. The van der Waals surface area contributed by atoms with Crippen LogP contribution in [0.15, 0.2) is 36.5 Å². The Morgan fingerprint density at radius 1 is 1.20 bits per heavy atom. The van der Waals surface area contributed by atoms with Gasteiger partial charge in [0, 0.05) is 31.2 Å². The Morgan fingerprint density at radius 2 is 1.95 bits per heavy atom. The molecule has 1 aromatic heterocycles. The lowest BCUT2D eigenvalue weighted by molar-refractivity contribution is -0.122. The summed E-state index contributed by atoms with van der Waals surface area (Å²) in [7, 11) is 0. The fraction of sp³-hybridized carbons (Fsp3) is 0.471. The molecule has 1 aromatic carbocycles. The van der Waals surface area contributed by atoms with Crippen molar-refractivity contribution >= 4 is 16.8 Å². The van der Waals surface area contributed by atoms with Gasteiger partial charge in [-0.05, 0) is 29.4 Å². The zero-order valence-electron chi connectivity index (χ0n) is 12.6. The standard InChI is InChI=1S/C17H24N2O/c1-17(2,3)13-16(20)18-10-6-11-19-12-9-14-7-4-5-8-15(14)19/h4-5,7-9,12H,6,10-11,13H2,1-3H3,(H,18,20). The summed E-state index contributed by atoms with van der Waals surface area (Å²) in [5.41, 5.74) is 1.31. The molecule has 0 fully saturated rings. The Hall–Kier alpha value is -1.77. The number of aromatic nitrogens is 1. The van der Waals surface area contributed by atoms with E-state index in [1.807, 2.05) is 0 Å². The van der Waals surface area contributed by atoms with Crippen LogP contribution in [-0.2, 0) is 11.3 Å². The Morgan fingerprint density at radius 3 is 2.70 bits per heavy atom. The first-order valence-electron chi connectivity index (χ1n) is 7.26. The monoisotopic (exact) mass is 272 g/mol. The minimum atomic E-state index is 0.0563. The van der Waals surface area contributed by atoms with Gasteiger partial charge in [0.15, 0.2) is 0 Å². The highest BCUT2D eigenvalue weighted by atomic mass is 16.1. The summed E-state index contributed by atoms with van der Waals surface area (Å²) >= 11 is 0. The smallest absolute Gasteiger partial charge is 0.220 e. The maximum absolute atomic E-state index is 11.7. The third-order valence-electron chi connectivity index (χ3n) is 3.27. The number of nitrogens with zero attached hydrogens (tertiary/aromatic N) is 1. The van der Waals surface area contributed by atoms with Crippen molar-refractivity contribution in [3.8, 4) is 0 Å². The van der Waals surface area contributed by atoms with Gasteiger partial charge in [0.2, 0.25) is 5.91 Å². The Labute approximate surface area is 121 Å². The number of carbonyl (C=O) groups is 1. The van der Waals surface area contributed by atoms with E-state index in [2.05, 4.69) is 67.2 Å². The molecule has 0 unspecified atom stereocenters. The number of amides is 1. The predicted octanol–water partition coefficient (Wildman–Crippen LogP) is 3.58. The van der Waals surface area contributed by atoms with Crippen LogP contribution in [0.1, 0.15) is 33.6 Å². The summed E-state index contributed by atoms with van der Waals surface area (Å²) in [5.74, 6) is 0.148. The highest BCUT2D eigenvalue weighted by Gasteiger charge is 2.15. The van der Waals surface area contributed by atoms with Crippen LogP contribution in [0.3, 0.4) is 0 Å². The number of para-hydroxylation sites is 1. The minimum Gasteiger partial charge on any atom is -0.356 e. The van der Waals surface area contributed by atoms with Crippen molar-refractivity contribution in [3.05, 3.63) is 36.5 Å². The van der Waals surface area contributed by atoms with Gasteiger partial charge in [0.1, 0.15) is 0 Å². The number of hydrogen-bond acceptors (Lipinski definition) is 1. The van der Waals surface area contributed by atoms with Crippen LogP contribution in [-0.4, -0.2) is 17.0 Å². The Kier molecular flexibility index (Phi) is 4.48. The molecule has 1 heterocycles. The quantitative estimate of drug-likeness (QED) is 0.829. The molecule has 3 heteroatoms. The molecule has 20 heavy (non-hydrogen) atoms. The van der Waals surface area contributed by atoms with Crippen molar-refractivity contribution in [1.82, 2.24) is 9.88 Å². The molecule has 0 atom stereocenters. The van der Waals surface area contributed by atoms with E-state index in [0.29, 0.717) is 6.42 Å². The number of carbonyl (C=O) groups excluding carboxylic acids is 1. The molecule has 0 radical (unpaired) electrons. The van der Waals surface area contributed by atoms with E-state index < -0.39 is 0 Å².